The van der Waals surface area contributed by atoms with Gasteiger partial charge in [0.15, 0.2) is 0 Å². The molecule has 4 heteroatoms. The lowest BCUT2D eigenvalue weighted by molar-refractivity contribution is -0.143. The Hall–Kier alpha value is -2.07. The van der Waals surface area contributed by atoms with Crippen molar-refractivity contribution < 1.29 is 19.7 Å². The summed E-state index contributed by atoms with van der Waals surface area (Å²) in [7, 11) is 1.61. The maximum absolute atomic E-state index is 11.5. The third kappa shape index (κ3) is 2.47. The summed E-state index contributed by atoms with van der Waals surface area (Å²) in [5.74, 6) is -0.166. The Morgan fingerprint density at radius 3 is 2.45 bits per heavy atom. The van der Waals surface area contributed by atoms with Gasteiger partial charge in [-0.3, -0.25) is 4.79 Å². The second kappa shape index (κ2) is 5.51. The van der Waals surface area contributed by atoms with Gasteiger partial charge in [0.05, 0.1) is 12.5 Å². The zero-order chi connectivity index (χ0) is 14.8. The van der Waals surface area contributed by atoms with Crippen LogP contribution in [0.2, 0.25) is 0 Å². The standard InChI is InChI=1S/C16H18O4/c1-16(7-8-17,15(18)19)13-5-3-12-10-14(20-2)6-4-11(12)9-13/h3-6,9-10,17H,7-8H2,1-2H3,(H,18,19)/t16-/m0/s1. The lowest BCUT2D eigenvalue weighted by Crippen LogP contribution is -2.33. The molecule has 20 heavy (non-hydrogen) atoms. The maximum Gasteiger partial charge on any atom is 0.313 e. The highest BCUT2D eigenvalue weighted by Crippen LogP contribution is 2.31. The van der Waals surface area contributed by atoms with Crippen LogP contribution in [0.5, 0.6) is 5.75 Å². The van der Waals surface area contributed by atoms with E-state index in [0.717, 1.165) is 16.5 Å². The van der Waals surface area contributed by atoms with Crippen molar-refractivity contribution >= 4 is 16.7 Å². The molecule has 0 unspecified atom stereocenters. The van der Waals surface area contributed by atoms with Gasteiger partial charge in [-0.1, -0.05) is 24.3 Å². The molecule has 0 fully saturated rings. The van der Waals surface area contributed by atoms with E-state index in [0.29, 0.717) is 5.56 Å². The van der Waals surface area contributed by atoms with Crippen LogP contribution < -0.4 is 4.74 Å². The molecule has 106 valence electrons. The van der Waals surface area contributed by atoms with Gasteiger partial charge in [0, 0.05) is 6.61 Å². The molecule has 2 aromatic carbocycles. The highest BCUT2D eigenvalue weighted by Gasteiger charge is 2.34. The van der Waals surface area contributed by atoms with E-state index in [-0.39, 0.29) is 13.0 Å². The molecule has 0 aliphatic rings. The van der Waals surface area contributed by atoms with Crippen LogP contribution in [0.25, 0.3) is 10.8 Å². The highest BCUT2D eigenvalue weighted by molar-refractivity contribution is 5.88. The zero-order valence-electron chi connectivity index (χ0n) is 11.6. The van der Waals surface area contributed by atoms with Gasteiger partial charge in [-0.25, -0.2) is 0 Å². The van der Waals surface area contributed by atoms with Gasteiger partial charge in [0.2, 0.25) is 0 Å². The van der Waals surface area contributed by atoms with Gasteiger partial charge >= 0.3 is 5.97 Å². The Kier molecular flexibility index (Phi) is 3.95. The Labute approximate surface area is 117 Å². The third-order valence-electron chi connectivity index (χ3n) is 3.77. The van der Waals surface area contributed by atoms with Crippen LogP contribution in [0.3, 0.4) is 0 Å². The fraction of sp³-hybridized carbons (Fsp3) is 0.312. The number of methoxy groups -OCH3 is 1. The van der Waals surface area contributed by atoms with E-state index in [1.807, 2.05) is 30.3 Å². The number of aliphatic hydroxyl groups is 1. The van der Waals surface area contributed by atoms with E-state index in [4.69, 9.17) is 9.84 Å². The van der Waals surface area contributed by atoms with Crippen molar-refractivity contribution in [2.45, 2.75) is 18.8 Å². The lowest BCUT2D eigenvalue weighted by Gasteiger charge is -2.24. The molecule has 0 bridgehead atoms. The third-order valence-corrected chi connectivity index (χ3v) is 3.77. The molecule has 0 aliphatic carbocycles. The molecule has 1 atom stereocenters. The predicted octanol–water partition coefficient (Wildman–Crippen LogP) is 2.57. The van der Waals surface area contributed by atoms with Crippen molar-refractivity contribution in [3.8, 4) is 5.75 Å². The minimum Gasteiger partial charge on any atom is -0.497 e. The number of hydrogen-bond donors (Lipinski definition) is 2. The summed E-state index contributed by atoms with van der Waals surface area (Å²) in [5.41, 5.74) is -0.389. The number of benzene rings is 2. The monoisotopic (exact) mass is 274 g/mol. The Morgan fingerprint density at radius 1 is 1.20 bits per heavy atom. The van der Waals surface area contributed by atoms with Crippen molar-refractivity contribution in [3.63, 3.8) is 0 Å². The molecule has 0 aromatic heterocycles. The molecule has 2 aromatic rings. The first-order chi connectivity index (χ1) is 9.51. The van der Waals surface area contributed by atoms with Gasteiger partial charge in [-0.05, 0) is 41.8 Å². The summed E-state index contributed by atoms with van der Waals surface area (Å²) in [5, 5.41) is 20.5. The van der Waals surface area contributed by atoms with Gasteiger partial charge in [-0.15, -0.1) is 0 Å². The average Bonchev–Trinajstić information content (AvgIpc) is 2.46. The fourth-order valence-corrected chi connectivity index (χ4v) is 2.29. The van der Waals surface area contributed by atoms with Crippen molar-refractivity contribution in [1.82, 2.24) is 0 Å². The van der Waals surface area contributed by atoms with Crippen LogP contribution in [0.15, 0.2) is 36.4 Å². The lowest BCUT2D eigenvalue weighted by atomic mass is 9.79. The minimum atomic E-state index is -1.08. The molecule has 0 heterocycles. The van der Waals surface area contributed by atoms with Crippen LogP contribution in [-0.2, 0) is 10.2 Å². The predicted molar refractivity (Wildman–Crippen MR) is 77.2 cm³/mol. The second-order valence-electron chi connectivity index (χ2n) is 5.04. The zero-order valence-corrected chi connectivity index (χ0v) is 11.6. The molecule has 2 rings (SSSR count). The van der Waals surface area contributed by atoms with E-state index in [9.17, 15) is 9.90 Å². The summed E-state index contributed by atoms with van der Waals surface area (Å²) < 4.78 is 5.17. The molecular weight excluding hydrogens is 256 g/mol. The summed E-state index contributed by atoms with van der Waals surface area (Å²) in [4.78, 5) is 11.5. The van der Waals surface area contributed by atoms with Crippen LogP contribution in [0.4, 0.5) is 0 Å². The number of ether oxygens (including phenoxy) is 1. The summed E-state index contributed by atoms with van der Waals surface area (Å²) in [6.07, 6.45) is 0.185. The van der Waals surface area contributed by atoms with Crippen LogP contribution >= 0.6 is 0 Å². The first kappa shape index (κ1) is 14.3. The molecule has 0 saturated heterocycles. The van der Waals surface area contributed by atoms with Gasteiger partial charge < -0.3 is 14.9 Å². The first-order valence-corrected chi connectivity index (χ1v) is 6.44. The van der Waals surface area contributed by atoms with Gasteiger partial charge in [0.1, 0.15) is 5.75 Å². The van der Waals surface area contributed by atoms with Crippen LogP contribution in [0.1, 0.15) is 18.9 Å². The van der Waals surface area contributed by atoms with Gasteiger partial charge in [0.25, 0.3) is 0 Å². The van der Waals surface area contributed by atoms with Crippen LogP contribution in [0, 0.1) is 0 Å². The van der Waals surface area contributed by atoms with E-state index in [1.54, 1.807) is 20.1 Å². The Morgan fingerprint density at radius 2 is 1.85 bits per heavy atom. The average molecular weight is 274 g/mol. The molecular formula is C16H18O4. The molecule has 0 spiro atoms. The van der Waals surface area contributed by atoms with E-state index in [2.05, 4.69) is 0 Å². The van der Waals surface area contributed by atoms with Crippen molar-refractivity contribution in [2.24, 2.45) is 0 Å². The fourth-order valence-electron chi connectivity index (χ4n) is 2.29. The smallest absolute Gasteiger partial charge is 0.313 e. The number of hydrogen-bond acceptors (Lipinski definition) is 3. The van der Waals surface area contributed by atoms with Crippen molar-refractivity contribution in [2.75, 3.05) is 13.7 Å². The number of carboxylic acid groups (broad SMARTS) is 1. The van der Waals surface area contributed by atoms with E-state index >= 15 is 0 Å². The van der Waals surface area contributed by atoms with E-state index < -0.39 is 11.4 Å². The highest BCUT2D eigenvalue weighted by atomic mass is 16.5. The Bertz CT molecular complexity index is 635. The molecule has 0 aliphatic heterocycles. The second-order valence-corrected chi connectivity index (χ2v) is 5.04. The summed E-state index contributed by atoms with van der Waals surface area (Å²) >= 11 is 0. The van der Waals surface area contributed by atoms with Crippen molar-refractivity contribution in [1.29, 1.82) is 0 Å². The maximum atomic E-state index is 11.5. The molecule has 0 saturated carbocycles. The van der Waals surface area contributed by atoms with Crippen LogP contribution in [-0.4, -0.2) is 29.9 Å². The quantitative estimate of drug-likeness (QED) is 0.879. The largest absolute Gasteiger partial charge is 0.497 e. The number of fused-ring (bicyclic) bond motifs is 1. The number of carbonyl (C=O) groups is 1. The topological polar surface area (TPSA) is 66.8 Å². The van der Waals surface area contributed by atoms with E-state index in [1.165, 1.54) is 0 Å². The minimum absolute atomic E-state index is 0.163. The molecule has 2 N–H and O–H groups in total. The SMILES string of the molecule is COc1ccc2cc([C@](C)(CCO)C(=O)O)ccc2c1. The molecule has 0 amide bonds. The molecule has 4 nitrogen and oxygen atoms in total. The first-order valence-electron chi connectivity index (χ1n) is 6.44. The molecule has 0 radical (unpaired) electrons. The Balaban J connectivity index is 2.52. The number of carboxylic acids is 1. The number of aliphatic carboxylic acids is 1. The number of rotatable bonds is 5. The summed E-state index contributed by atoms with van der Waals surface area (Å²) in [6.45, 7) is 1.47. The number of aliphatic hydroxyl groups excluding tert-OH is 1. The van der Waals surface area contributed by atoms with Gasteiger partial charge in [-0.2, -0.15) is 0 Å². The summed E-state index contributed by atoms with van der Waals surface area (Å²) in [6, 6.07) is 11.2. The van der Waals surface area contributed by atoms with Crippen molar-refractivity contribution in [3.05, 3.63) is 42.0 Å². The normalized spacial score (nSPS) is 13.9.